The molecule has 1 fully saturated rings. The van der Waals surface area contributed by atoms with Gasteiger partial charge in [-0.1, -0.05) is 55.3 Å². The second-order valence-electron chi connectivity index (χ2n) is 7.77. The fourth-order valence-electron chi connectivity index (χ4n) is 4.24. The summed E-state index contributed by atoms with van der Waals surface area (Å²) in [5.41, 5.74) is 5.16. The lowest BCUT2D eigenvalue weighted by molar-refractivity contribution is -0.121. The van der Waals surface area contributed by atoms with Gasteiger partial charge < -0.3 is 9.88 Å². The van der Waals surface area contributed by atoms with Gasteiger partial charge in [-0.2, -0.15) is 0 Å². The molecular formula is C24H28N2O. The maximum absolute atomic E-state index is 12.3. The summed E-state index contributed by atoms with van der Waals surface area (Å²) in [7, 11) is 0. The smallest absolute Gasteiger partial charge is 0.220 e. The SMILES string of the molecule is Cc1ccccc1Cn1cc(CCC(=O)NC2CCCC2)c2ccccc21. The fraction of sp³-hybridized carbons (Fsp3) is 0.375. The van der Waals surface area contributed by atoms with E-state index >= 15 is 0 Å². The number of aromatic nitrogens is 1. The number of carbonyl (C=O) groups is 1. The van der Waals surface area contributed by atoms with Crippen LogP contribution in [0.15, 0.2) is 54.7 Å². The molecule has 140 valence electrons. The summed E-state index contributed by atoms with van der Waals surface area (Å²) in [4.78, 5) is 12.3. The number of carbonyl (C=O) groups excluding carboxylic acids is 1. The first-order valence-corrected chi connectivity index (χ1v) is 10.1. The first-order valence-electron chi connectivity index (χ1n) is 10.1. The summed E-state index contributed by atoms with van der Waals surface area (Å²) < 4.78 is 2.32. The summed E-state index contributed by atoms with van der Waals surface area (Å²) >= 11 is 0. The lowest BCUT2D eigenvalue weighted by Gasteiger charge is -2.11. The summed E-state index contributed by atoms with van der Waals surface area (Å²) in [6.45, 7) is 3.02. The maximum atomic E-state index is 12.3. The molecule has 3 heteroatoms. The van der Waals surface area contributed by atoms with Crippen molar-refractivity contribution in [2.24, 2.45) is 0 Å². The molecule has 1 aliphatic rings. The van der Waals surface area contributed by atoms with E-state index in [4.69, 9.17) is 0 Å². The van der Waals surface area contributed by atoms with E-state index in [0.717, 1.165) is 25.8 Å². The quantitative estimate of drug-likeness (QED) is 0.660. The van der Waals surface area contributed by atoms with Crippen LogP contribution >= 0.6 is 0 Å². The van der Waals surface area contributed by atoms with Crippen LogP contribution in [0.1, 0.15) is 48.8 Å². The number of rotatable bonds is 6. The molecule has 1 saturated carbocycles. The van der Waals surface area contributed by atoms with Gasteiger partial charge in [0.2, 0.25) is 5.91 Å². The predicted octanol–water partition coefficient (Wildman–Crippen LogP) is 4.99. The maximum Gasteiger partial charge on any atom is 0.220 e. The zero-order valence-corrected chi connectivity index (χ0v) is 16.1. The van der Waals surface area contributed by atoms with Gasteiger partial charge in [-0.3, -0.25) is 4.79 Å². The molecule has 0 radical (unpaired) electrons. The average Bonchev–Trinajstić information content (AvgIpc) is 3.30. The van der Waals surface area contributed by atoms with Crippen molar-refractivity contribution in [1.82, 2.24) is 9.88 Å². The third-order valence-corrected chi connectivity index (χ3v) is 5.81. The standard InChI is InChI=1S/C24H28N2O/c1-18-8-2-3-9-19(18)16-26-17-20(22-12-6-7-13-23(22)26)14-15-24(27)25-21-10-4-5-11-21/h2-3,6-9,12-13,17,21H,4-5,10-11,14-16H2,1H3,(H,25,27). The Hall–Kier alpha value is -2.55. The molecule has 3 nitrogen and oxygen atoms in total. The molecule has 27 heavy (non-hydrogen) atoms. The van der Waals surface area contributed by atoms with E-state index < -0.39 is 0 Å². The summed E-state index contributed by atoms with van der Waals surface area (Å²) in [5.74, 6) is 0.192. The number of nitrogens with zero attached hydrogens (tertiary/aromatic N) is 1. The van der Waals surface area contributed by atoms with E-state index in [2.05, 4.69) is 71.5 Å². The molecule has 3 aromatic rings. The minimum atomic E-state index is 0.192. The van der Waals surface area contributed by atoms with E-state index in [1.54, 1.807) is 0 Å². The van der Waals surface area contributed by atoms with Crippen LogP contribution in [-0.4, -0.2) is 16.5 Å². The van der Waals surface area contributed by atoms with E-state index in [1.165, 1.54) is 40.4 Å². The van der Waals surface area contributed by atoms with Crippen LogP contribution < -0.4 is 5.32 Å². The van der Waals surface area contributed by atoms with Crippen molar-refractivity contribution in [3.05, 3.63) is 71.4 Å². The summed E-state index contributed by atoms with van der Waals surface area (Å²) in [6, 6.07) is 17.5. The zero-order chi connectivity index (χ0) is 18.6. The topological polar surface area (TPSA) is 34.0 Å². The van der Waals surface area contributed by atoms with Gasteiger partial charge >= 0.3 is 0 Å². The molecule has 0 aliphatic heterocycles. The van der Waals surface area contributed by atoms with Crippen LogP contribution in [0.25, 0.3) is 10.9 Å². The Morgan fingerprint density at radius 1 is 1.04 bits per heavy atom. The Bertz CT molecular complexity index is 934. The Morgan fingerprint density at radius 2 is 1.78 bits per heavy atom. The number of hydrogen-bond donors (Lipinski definition) is 1. The van der Waals surface area contributed by atoms with Crippen LogP contribution in [0, 0.1) is 6.92 Å². The summed E-state index contributed by atoms with van der Waals surface area (Å²) in [5, 5.41) is 4.47. The van der Waals surface area contributed by atoms with Gasteiger partial charge in [-0.25, -0.2) is 0 Å². The highest BCUT2D eigenvalue weighted by atomic mass is 16.1. The highest BCUT2D eigenvalue weighted by Crippen LogP contribution is 2.24. The average molecular weight is 361 g/mol. The number of amides is 1. The molecule has 1 heterocycles. The van der Waals surface area contributed by atoms with E-state index in [1.807, 2.05) is 0 Å². The highest BCUT2D eigenvalue weighted by Gasteiger charge is 2.17. The van der Waals surface area contributed by atoms with Crippen molar-refractivity contribution in [3.8, 4) is 0 Å². The molecule has 0 atom stereocenters. The Labute approximate surface area is 161 Å². The molecule has 1 aliphatic carbocycles. The molecule has 1 N–H and O–H groups in total. The molecule has 0 bridgehead atoms. The van der Waals surface area contributed by atoms with Crippen molar-refractivity contribution in [3.63, 3.8) is 0 Å². The van der Waals surface area contributed by atoms with Crippen molar-refractivity contribution >= 4 is 16.8 Å². The van der Waals surface area contributed by atoms with Gasteiger partial charge in [0, 0.05) is 36.1 Å². The molecular weight excluding hydrogens is 332 g/mol. The van der Waals surface area contributed by atoms with Gasteiger partial charge in [-0.15, -0.1) is 0 Å². The molecule has 0 unspecified atom stereocenters. The van der Waals surface area contributed by atoms with Crippen molar-refractivity contribution in [2.75, 3.05) is 0 Å². The van der Waals surface area contributed by atoms with Gasteiger partial charge in [0.1, 0.15) is 0 Å². The number of benzene rings is 2. The fourth-order valence-corrected chi connectivity index (χ4v) is 4.24. The van der Waals surface area contributed by atoms with Crippen LogP contribution in [0.5, 0.6) is 0 Å². The van der Waals surface area contributed by atoms with Gasteiger partial charge in [-0.05, 0) is 48.9 Å². The Balaban J connectivity index is 1.51. The minimum absolute atomic E-state index is 0.192. The van der Waals surface area contributed by atoms with Crippen LogP contribution in [0.4, 0.5) is 0 Å². The van der Waals surface area contributed by atoms with Crippen LogP contribution in [0.3, 0.4) is 0 Å². The van der Waals surface area contributed by atoms with E-state index in [0.29, 0.717) is 12.5 Å². The molecule has 1 aromatic heterocycles. The summed E-state index contributed by atoms with van der Waals surface area (Å²) in [6.07, 6.45) is 8.37. The number of hydrogen-bond acceptors (Lipinski definition) is 1. The second-order valence-corrected chi connectivity index (χ2v) is 7.77. The number of aryl methyl sites for hydroxylation is 2. The molecule has 0 spiro atoms. The third kappa shape index (κ3) is 4.08. The molecule has 4 rings (SSSR count). The van der Waals surface area contributed by atoms with Crippen molar-refractivity contribution < 1.29 is 4.79 Å². The Morgan fingerprint density at radius 3 is 2.59 bits per heavy atom. The van der Waals surface area contributed by atoms with Crippen LogP contribution in [0.2, 0.25) is 0 Å². The number of fused-ring (bicyclic) bond motifs is 1. The van der Waals surface area contributed by atoms with Crippen LogP contribution in [-0.2, 0) is 17.8 Å². The lowest BCUT2D eigenvalue weighted by atomic mass is 10.1. The van der Waals surface area contributed by atoms with Gasteiger partial charge in [0.15, 0.2) is 0 Å². The first kappa shape index (κ1) is 17.8. The first-order chi connectivity index (χ1) is 13.2. The van der Waals surface area contributed by atoms with Crippen molar-refractivity contribution in [1.29, 1.82) is 0 Å². The normalized spacial score (nSPS) is 14.7. The minimum Gasteiger partial charge on any atom is -0.353 e. The van der Waals surface area contributed by atoms with Crippen molar-refractivity contribution in [2.45, 2.75) is 58.0 Å². The number of para-hydroxylation sites is 1. The van der Waals surface area contributed by atoms with Gasteiger partial charge in [0.25, 0.3) is 0 Å². The van der Waals surface area contributed by atoms with E-state index in [-0.39, 0.29) is 5.91 Å². The van der Waals surface area contributed by atoms with Gasteiger partial charge in [0.05, 0.1) is 0 Å². The highest BCUT2D eigenvalue weighted by molar-refractivity contribution is 5.85. The molecule has 1 amide bonds. The Kier molecular flexibility index (Phi) is 5.28. The second kappa shape index (κ2) is 7.99. The third-order valence-electron chi connectivity index (χ3n) is 5.81. The zero-order valence-electron chi connectivity index (χ0n) is 16.1. The lowest BCUT2D eigenvalue weighted by Crippen LogP contribution is -2.32. The number of nitrogens with one attached hydrogen (secondary N) is 1. The largest absolute Gasteiger partial charge is 0.353 e. The molecule has 2 aromatic carbocycles. The molecule has 0 saturated heterocycles. The monoisotopic (exact) mass is 360 g/mol. The van der Waals surface area contributed by atoms with E-state index in [9.17, 15) is 4.79 Å². The predicted molar refractivity (Wildman–Crippen MR) is 111 cm³/mol.